The van der Waals surface area contributed by atoms with E-state index in [-0.39, 0.29) is 11.9 Å². The van der Waals surface area contributed by atoms with Crippen LogP contribution < -0.4 is 5.32 Å². The Labute approximate surface area is 117 Å². The molecule has 0 saturated heterocycles. The monoisotopic (exact) mass is 271 g/mol. The van der Waals surface area contributed by atoms with E-state index >= 15 is 0 Å². The SMILES string of the molecule is Cc1cccc(C=CC(=O)NC2C=CC(C(=O)O)C2)c1. The van der Waals surface area contributed by atoms with Crippen molar-refractivity contribution in [1.29, 1.82) is 0 Å². The van der Waals surface area contributed by atoms with E-state index < -0.39 is 11.9 Å². The zero-order valence-electron chi connectivity index (χ0n) is 11.2. The molecule has 1 aromatic rings. The molecule has 0 heterocycles. The van der Waals surface area contributed by atoms with Gasteiger partial charge in [-0.3, -0.25) is 9.59 Å². The fourth-order valence-corrected chi connectivity index (χ4v) is 2.17. The average Bonchev–Trinajstić information content (AvgIpc) is 2.85. The summed E-state index contributed by atoms with van der Waals surface area (Å²) in [5.41, 5.74) is 2.10. The zero-order valence-corrected chi connectivity index (χ0v) is 11.2. The first-order chi connectivity index (χ1) is 9.54. The third-order valence-electron chi connectivity index (χ3n) is 3.20. The Morgan fingerprint density at radius 1 is 1.35 bits per heavy atom. The molecule has 2 rings (SSSR count). The van der Waals surface area contributed by atoms with E-state index in [9.17, 15) is 9.59 Å². The summed E-state index contributed by atoms with van der Waals surface area (Å²) in [6.45, 7) is 1.99. The Morgan fingerprint density at radius 3 is 2.80 bits per heavy atom. The second-order valence-electron chi connectivity index (χ2n) is 4.93. The number of carboxylic acids is 1. The number of hydrogen-bond acceptors (Lipinski definition) is 2. The number of aryl methyl sites for hydroxylation is 1. The van der Waals surface area contributed by atoms with Crippen molar-refractivity contribution in [3.63, 3.8) is 0 Å². The Bertz CT molecular complexity index is 575. The van der Waals surface area contributed by atoms with Crippen LogP contribution >= 0.6 is 0 Å². The van der Waals surface area contributed by atoms with E-state index in [4.69, 9.17) is 5.11 Å². The van der Waals surface area contributed by atoms with Gasteiger partial charge in [-0.15, -0.1) is 0 Å². The number of hydrogen-bond donors (Lipinski definition) is 2. The van der Waals surface area contributed by atoms with Crippen molar-refractivity contribution in [2.45, 2.75) is 19.4 Å². The van der Waals surface area contributed by atoms with Crippen LogP contribution in [0.25, 0.3) is 6.08 Å². The second-order valence-corrected chi connectivity index (χ2v) is 4.93. The highest BCUT2D eigenvalue weighted by molar-refractivity contribution is 5.92. The van der Waals surface area contributed by atoms with Gasteiger partial charge in [-0.1, -0.05) is 42.0 Å². The fourth-order valence-electron chi connectivity index (χ4n) is 2.17. The van der Waals surface area contributed by atoms with Crippen LogP contribution in [0.15, 0.2) is 42.5 Å². The molecule has 1 aliphatic rings. The van der Waals surface area contributed by atoms with Crippen molar-refractivity contribution in [3.8, 4) is 0 Å². The fraction of sp³-hybridized carbons (Fsp3) is 0.250. The van der Waals surface area contributed by atoms with Gasteiger partial charge in [-0.25, -0.2) is 0 Å². The summed E-state index contributed by atoms with van der Waals surface area (Å²) in [5.74, 6) is -1.57. The molecule has 2 atom stereocenters. The lowest BCUT2D eigenvalue weighted by Gasteiger charge is -2.10. The van der Waals surface area contributed by atoms with Crippen LogP contribution in [0.5, 0.6) is 0 Å². The van der Waals surface area contributed by atoms with Crippen molar-refractivity contribution < 1.29 is 14.7 Å². The Kier molecular flexibility index (Phi) is 4.35. The standard InChI is InChI=1S/C16H17NO3/c1-11-3-2-4-12(9-11)5-8-15(18)17-14-7-6-13(10-14)16(19)20/h2-9,13-14H,10H2,1H3,(H,17,18)(H,19,20). The molecule has 1 aromatic carbocycles. The van der Waals surface area contributed by atoms with Crippen molar-refractivity contribution >= 4 is 18.0 Å². The quantitative estimate of drug-likeness (QED) is 0.651. The molecular formula is C16H17NO3. The van der Waals surface area contributed by atoms with E-state index in [0.29, 0.717) is 6.42 Å². The number of rotatable bonds is 4. The summed E-state index contributed by atoms with van der Waals surface area (Å²) in [4.78, 5) is 22.6. The van der Waals surface area contributed by atoms with Crippen LogP contribution in [0.2, 0.25) is 0 Å². The summed E-state index contributed by atoms with van der Waals surface area (Å²) in [7, 11) is 0. The molecule has 0 aliphatic heterocycles. The zero-order chi connectivity index (χ0) is 14.5. The van der Waals surface area contributed by atoms with Crippen LogP contribution in [-0.4, -0.2) is 23.0 Å². The molecule has 1 aliphatic carbocycles. The number of aliphatic carboxylic acids is 1. The molecule has 2 unspecified atom stereocenters. The van der Waals surface area contributed by atoms with Crippen LogP contribution in [0.4, 0.5) is 0 Å². The summed E-state index contributed by atoms with van der Waals surface area (Å²) < 4.78 is 0. The smallest absolute Gasteiger partial charge is 0.310 e. The van der Waals surface area contributed by atoms with E-state index in [1.54, 1.807) is 18.2 Å². The van der Waals surface area contributed by atoms with Crippen LogP contribution in [0.1, 0.15) is 17.5 Å². The lowest BCUT2D eigenvalue weighted by atomic mass is 10.1. The van der Waals surface area contributed by atoms with E-state index in [0.717, 1.165) is 11.1 Å². The average molecular weight is 271 g/mol. The molecule has 1 amide bonds. The topological polar surface area (TPSA) is 66.4 Å². The maximum Gasteiger partial charge on any atom is 0.310 e. The molecule has 0 spiro atoms. The number of carbonyl (C=O) groups is 2. The van der Waals surface area contributed by atoms with E-state index in [1.165, 1.54) is 6.08 Å². The third kappa shape index (κ3) is 3.82. The number of carboxylic acid groups (broad SMARTS) is 1. The maximum absolute atomic E-state index is 11.8. The van der Waals surface area contributed by atoms with Gasteiger partial charge in [0.25, 0.3) is 0 Å². The van der Waals surface area contributed by atoms with Crippen LogP contribution in [-0.2, 0) is 9.59 Å². The summed E-state index contributed by atoms with van der Waals surface area (Å²) >= 11 is 0. The highest BCUT2D eigenvalue weighted by atomic mass is 16.4. The molecule has 0 radical (unpaired) electrons. The van der Waals surface area contributed by atoms with Crippen molar-refractivity contribution in [2.24, 2.45) is 5.92 Å². The van der Waals surface area contributed by atoms with E-state index in [2.05, 4.69) is 5.32 Å². The second kappa shape index (κ2) is 6.19. The molecule has 0 saturated carbocycles. The van der Waals surface area contributed by atoms with Gasteiger partial charge in [-0.2, -0.15) is 0 Å². The first-order valence-corrected chi connectivity index (χ1v) is 6.51. The number of carbonyl (C=O) groups excluding carboxylic acids is 1. The molecular weight excluding hydrogens is 254 g/mol. The predicted octanol–water partition coefficient (Wildman–Crippen LogP) is 2.15. The van der Waals surface area contributed by atoms with Gasteiger partial charge in [0.05, 0.1) is 5.92 Å². The molecule has 0 aromatic heterocycles. The van der Waals surface area contributed by atoms with Crippen LogP contribution in [0, 0.1) is 12.8 Å². The minimum absolute atomic E-state index is 0.203. The first kappa shape index (κ1) is 14.1. The molecule has 0 fully saturated rings. The Balaban J connectivity index is 1.88. The van der Waals surface area contributed by atoms with Gasteiger partial charge >= 0.3 is 5.97 Å². The lowest BCUT2D eigenvalue weighted by Crippen LogP contribution is -2.31. The Morgan fingerprint density at radius 2 is 2.15 bits per heavy atom. The highest BCUT2D eigenvalue weighted by Gasteiger charge is 2.24. The first-order valence-electron chi connectivity index (χ1n) is 6.51. The largest absolute Gasteiger partial charge is 0.481 e. The normalized spacial score (nSPS) is 21.2. The maximum atomic E-state index is 11.8. The third-order valence-corrected chi connectivity index (χ3v) is 3.20. The van der Waals surface area contributed by atoms with Gasteiger partial charge in [0.1, 0.15) is 0 Å². The molecule has 4 heteroatoms. The number of benzene rings is 1. The van der Waals surface area contributed by atoms with Gasteiger partial charge < -0.3 is 10.4 Å². The van der Waals surface area contributed by atoms with Gasteiger partial charge in [-0.05, 0) is 25.0 Å². The van der Waals surface area contributed by atoms with Crippen molar-refractivity contribution in [1.82, 2.24) is 5.32 Å². The minimum Gasteiger partial charge on any atom is -0.481 e. The van der Waals surface area contributed by atoms with E-state index in [1.807, 2.05) is 31.2 Å². The highest BCUT2D eigenvalue weighted by Crippen LogP contribution is 2.17. The van der Waals surface area contributed by atoms with Crippen molar-refractivity contribution in [2.75, 3.05) is 0 Å². The van der Waals surface area contributed by atoms with Crippen molar-refractivity contribution in [3.05, 3.63) is 53.6 Å². The predicted molar refractivity (Wildman–Crippen MR) is 77.0 cm³/mol. The van der Waals surface area contributed by atoms with Crippen LogP contribution in [0.3, 0.4) is 0 Å². The molecule has 0 bridgehead atoms. The number of nitrogens with one attached hydrogen (secondary N) is 1. The summed E-state index contributed by atoms with van der Waals surface area (Å²) in [6, 6.07) is 7.63. The molecule has 20 heavy (non-hydrogen) atoms. The molecule has 104 valence electrons. The molecule has 4 nitrogen and oxygen atoms in total. The minimum atomic E-state index is -0.853. The number of amides is 1. The molecule has 2 N–H and O–H groups in total. The van der Waals surface area contributed by atoms with Gasteiger partial charge in [0, 0.05) is 12.1 Å². The lowest BCUT2D eigenvalue weighted by molar-refractivity contribution is -0.140. The van der Waals surface area contributed by atoms with Gasteiger partial charge in [0.15, 0.2) is 0 Å². The summed E-state index contributed by atoms with van der Waals surface area (Å²) in [6.07, 6.45) is 6.99. The van der Waals surface area contributed by atoms with Gasteiger partial charge in [0.2, 0.25) is 5.91 Å². The Hall–Kier alpha value is -2.36. The summed E-state index contributed by atoms with van der Waals surface area (Å²) in [5, 5.41) is 11.6.